The Morgan fingerprint density at radius 2 is 2.12 bits per heavy atom. The molecule has 0 bridgehead atoms. The molecule has 1 aliphatic rings. The van der Waals surface area contributed by atoms with Gasteiger partial charge in [-0.1, -0.05) is 12.1 Å². The molecule has 0 aliphatic carbocycles. The van der Waals surface area contributed by atoms with Crippen LogP contribution in [0.1, 0.15) is 18.4 Å². The SMILES string of the molecule is CSc1ccc(CC2(O)CCCNC2)cc1. The largest absolute Gasteiger partial charge is 0.388 e. The molecule has 16 heavy (non-hydrogen) atoms. The highest BCUT2D eigenvalue weighted by atomic mass is 32.2. The molecule has 0 spiro atoms. The maximum absolute atomic E-state index is 10.4. The van der Waals surface area contributed by atoms with Gasteiger partial charge < -0.3 is 10.4 Å². The number of rotatable bonds is 3. The second-order valence-electron chi connectivity index (χ2n) is 4.53. The molecule has 1 fully saturated rings. The number of hydrogen-bond acceptors (Lipinski definition) is 3. The van der Waals surface area contributed by atoms with Gasteiger partial charge in [0, 0.05) is 17.9 Å². The van der Waals surface area contributed by atoms with E-state index in [-0.39, 0.29) is 0 Å². The average Bonchev–Trinajstić information content (AvgIpc) is 2.30. The standard InChI is InChI=1S/C13H19NOS/c1-16-12-5-3-11(4-6-12)9-13(15)7-2-8-14-10-13/h3-6,14-15H,2,7-10H2,1H3. The molecule has 2 N–H and O–H groups in total. The smallest absolute Gasteiger partial charge is 0.0812 e. The zero-order chi connectivity index (χ0) is 11.4. The molecule has 3 heteroatoms. The molecule has 88 valence electrons. The minimum atomic E-state index is -0.543. The fraction of sp³-hybridized carbons (Fsp3) is 0.538. The van der Waals surface area contributed by atoms with E-state index < -0.39 is 5.60 Å². The number of aliphatic hydroxyl groups is 1. The molecular formula is C13H19NOS. The van der Waals surface area contributed by atoms with E-state index in [4.69, 9.17) is 0 Å². The second kappa shape index (κ2) is 5.21. The predicted octanol–water partition coefficient (Wildman–Crippen LogP) is 2.07. The molecule has 1 aromatic carbocycles. The number of hydrogen-bond donors (Lipinski definition) is 2. The van der Waals surface area contributed by atoms with Crippen molar-refractivity contribution in [2.24, 2.45) is 0 Å². The van der Waals surface area contributed by atoms with E-state index in [2.05, 4.69) is 35.8 Å². The van der Waals surface area contributed by atoms with Crippen LogP contribution in [0.25, 0.3) is 0 Å². The molecule has 0 radical (unpaired) electrons. The van der Waals surface area contributed by atoms with Gasteiger partial charge in [-0.2, -0.15) is 0 Å². The van der Waals surface area contributed by atoms with Crippen molar-refractivity contribution in [3.8, 4) is 0 Å². The second-order valence-corrected chi connectivity index (χ2v) is 5.41. The lowest BCUT2D eigenvalue weighted by atomic mass is 9.87. The molecule has 1 heterocycles. The van der Waals surface area contributed by atoms with Crippen molar-refractivity contribution >= 4 is 11.8 Å². The summed E-state index contributed by atoms with van der Waals surface area (Å²) in [7, 11) is 0. The Bertz CT molecular complexity index is 330. The molecule has 1 saturated heterocycles. The van der Waals surface area contributed by atoms with Gasteiger partial charge in [0.1, 0.15) is 0 Å². The highest BCUT2D eigenvalue weighted by Gasteiger charge is 2.28. The molecular weight excluding hydrogens is 218 g/mol. The van der Waals surface area contributed by atoms with Crippen molar-refractivity contribution < 1.29 is 5.11 Å². The molecule has 0 saturated carbocycles. The normalized spacial score (nSPS) is 25.6. The highest BCUT2D eigenvalue weighted by Crippen LogP contribution is 2.23. The van der Waals surface area contributed by atoms with Gasteiger partial charge in [-0.15, -0.1) is 11.8 Å². The van der Waals surface area contributed by atoms with Crippen LogP contribution in [0, 0.1) is 0 Å². The molecule has 1 atom stereocenters. The van der Waals surface area contributed by atoms with Gasteiger partial charge in [-0.3, -0.25) is 0 Å². The number of piperidine rings is 1. The van der Waals surface area contributed by atoms with Gasteiger partial charge >= 0.3 is 0 Å². The summed E-state index contributed by atoms with van der Waals surface area (Å²) in [5.74, 6) is 0. The minimum absolute atomic E-state index is 0.543. The van der Waals surface area contributed by atoms with Crippen molar-refractivity contribution in [2.75, 3.05) is 19.3 Å². The summed E-state index contributed by atoms with van der Waals surface area (Å²) in [5, 5.41) is 13.6. The molecule has 1 unspecified atom stereocenters. The van der Waals surface area contributed by atoms with Crippen molar-refractivity contribution in [3.63, 3.8) is 0 Å². The Hall–Kier alpha value is -0.510. The van der Waals surface area contributed by atoms with Crippen LogP contribution in [0.5, 0.6) is 0 Å². The van der Waals surface area contributed by atoms with Gasteiger partial charge in [0.15, 0.2) is 0 Å². The summed E-state index contributed by atoms with van der Waals surface area (Å²) in [6.45, 7) is 1.75. The maximum atomic E-state index is 10.4. The molecule has 0 amide bonds. The number of nitrogens with one attached hydrogen (secondary N) is 1. The van der Waals surface area contributed by atoms with Gasteiger partial charge in [0.05, 0.1) is 5.60 Å². The highest BCUT2D eigenvalue weighted by molar-refractivity contribution is 7.98. The zero-order valence-electron chi connectivity index (χ0n) is 9.70. The van der Waals surface area contributed by atoms with Crippen molar-refractivity contribution in [2.45, 2.75) is 29.8 Å². The Morgan fingerprint density at radius 3 is 2.69 bits per heavy atom. The molecule has 2 rings (SSSR count). The lowest BCUT2D eigenvalue weighted by Gasteiger charge is -2.32. The van der Waals surface area contributed by atoms with Crippen LogP contribution in [0.15, 0.2) is 29.2 Å². The first-order valence-corrected chi connectivity index (χ1v) is 7.00. The van der Waals surface area contributed by atoms with Gasteiger partial charge in [-0.25, -0.2) is 0 Å². The Morgan fingerprint density at radius 1 is 1.38 bits per heavy atom. The van der Waals surface area contributed by atoms with E-state index >= 15 is 0 Å². The molecule has 0 aromatic heterocycles. The van der Waals surface area contributed by atoms with Crippen molar-refractivity contribution in [3.05, 3.63) is 29.8 Å². The van der Waals surface area contributed by atoms with E-state index in [0.29, 0.717) is 0 Å². The monoisotopic (exact) mass is 237 g/mol. The first-order chi connectivity index (χ1) is 7.72. The van der Waals surface area contributed by atoms with Gasteiger partial charge in [0.2, 0.25) is 0 Å². The summed E-state index contributed by atoms with van der Waals surface area (Å²) in [5.41, 5.74) is 0.683. The Kier molecular flexibility index (Phi) is 3.90. The summed E-state index contributed by atoms with van der Waals surface area (Å²) in [4.78, 5) is 1.28. The number of thioether (sulfide) groups is 1. The van der Waals surface area contributed by atoms with Crippen LogP contribution in [-0.4, -0.2) is 30.1 Å². The van der Waals surface area contributed by atoms with Gasteiger partial charge in [-0.05, 0) is 43.3 Å². The fourth-order valence-corrected chi connectivity index (χ4v) is 2.63. The lowest BCUT2D eigenvalue weighted by Crippen LogP contribution is -2.47. The predicted molar refractivity (Wildman–Crippen MR) is 69.0 cm³/mol. The Labute approximate surface area is 101 Å². The summed E-state index contributed by atoms with van der Waals surface area (Å²) < 4.78 is 0. The zero-order valence-corrected chi connectivity index (χ0v) is 10.5. The summed E-state index contributed by atoms with van der Waals surface area (Å²) in [6.07, 6.45) is 4.81. The van der Waals surface area contributed by atoms with Crippen LogP contribution in [0.4, 0.5) is 0 Å². The average molecular weight is 237 g/mol. The van der Waals surface area contributed by atoms with E-state index in [9.17, 15) is 5.11 Å². The van der Waals surface area contributed by atoms with E-state index in [1.54, 1.807) is 11.8 Å². The van der Waals surface area contributed by atoms with E-state index in [1.807, 2.05) is 0 Å². The number of benzene rings is 1. The van der Waals surface area contributed by atoms with Crippen LogP contribution in [0.2, 0.25) is 0 Å². The van der Waals surface area contributed by atoms with Crippen LogP contribution in [-0.2, 0) is 6.42 Å². The first kappa shape index (κ1) is 12.0. The quantitative estimate of drug-likeness (QED) is 0.789. The maximum Gasteiger partial charge on any atom is 0.0812 e. The minimum Gasteiger partial charge on any atom is -0.388 e. The third-order valence-electron chi connectivity index (χ3n) is 3.14. The van der Waals surface area contributed by atoms with Crippen LogP contribution >= 0.6 is 11.8 Å². The van der Waals surface area contributed by atoms with Crippen LogP contribution in [0.3, 0.4) is 0 Å². The van der Waals surface area contributed by atoms with Crippen molar-refractivity contribution in [1.82, 2.24) is 5.32 Å². The third kappa shape index (κ3) is 3.00. The summed E-state index contributed by atoms with van der Waals surface area (Å²) >= 11 is 1.75. The van der Waals surface area contributed by atoms with E-state index in [0.717, 1.165) is 32.4 Å². The molecule has 1 aliphatic heterocycles. The number of β-amino-alcohol motifs (C(OH)–C–C–N with tert-alkyl or cyclic N) is 1. The Balaban J connectivity index is 2.01. The summed E-state index contributed by atoms with van der Waals surface area (Å²) in [6, 6.07) is 8.50. The van der Waals surface area contributed by atoms with E-state index in [1.165, 1.54) is 10.5 Å². The fourth-order valence-electron chi connectivity index (χ4n) is 2.23. The lowest BCUT2D eigenvalue weighted by molar-refractivity contribution is 0.0169. The topological polar surface area (TPSA) is 32.3 Å². The van der Waals surface area contributed by atoms with Gasteiger partial charge in [0.25, 0.3) is 0 Å². The third-order valence-corrected chi connectivity index (χ3v) is 3.89. The van der Waals surface area contributed by atoms with Crippen LogP contribution < -0.4 is 5.32 Å². The van der Waals surface area contributed by atoms with Crippen molar-refractivity contribution in [1.29, 1.82) is 0 Å². The molecule has 2 nitrogen and oxygen atoms in total. The first-order valence-electron chi connectivity index (χ1n) is 5.78. The molecule has 1 aromatic rings.